The maximum atomic E-state index is 12.5. The number of ketones is 1. The molecular formula is C15H24ClNOS. The number of hydrogen-bond acceptors (Lipinski definition) is 3. The molecule has 19 heavy (non-hydrogen) atoms. The summed E-state index contributed by atoms with van der Waals surface area (Å²) in [6.07, 6.45) is 4.19. The number of Topliss-reactive ketones (excluding diaryl/α,β-unsaturated/α-hetero) is 1. The lowest BCUT2D eigenvalue weighted by Gasteiger charge is -2.31. The Balaban J connectivity index is 1.94. The van der Waals surface area contributed by atoms with E-state index in [2.05, 4.69) is 26.1 Å². The second-order valence-corrected chi connectivity index (χ2v) is 7.93. The first-order valence-corrected chi connectivity index (χ1v) is 8.76. The van der Waals surface area contributed by atoms with Crippen LogP contribution in [0.4, 0.5) is 0 Å². The molecule has 2 atom stereocenters. The number of halogens is 1. The highest BCUT2D eigenvalue weighted by Gasteiger charge is 2.63. The van der Waals surface area contributed by atoms with Crippen LogP contribution in [0.2, 0.25) is 0 Å². The monoisotopic (exact) mass is 301 g/mol. The summed E-state index contributed by atoms with van der Waals surface area (Å²) in [7, 11) is 0. The Morgan fingerprint density at radius 2 is 2.16 bits per heavy atom. The van der Waals surface area contributed by atoms with Gasteiger partial charge in [0.15, 0.2) is 5.78 Å². The van der Waals surface area contributed by atoms with Crippen molar-refractivity contribution in [2.75, 3.05) is 23.9 Å². The maximum absolute atomic E-state index is 12.5. The smallest absolute Gasteiger partial charge is 0.167 e. The van der Waals surface area contributed by atoms with E-state index < -0.39 is 0 Å². The zero-order chi connectivity index (χ0) is 14.1. The molecule has 0 saturated heterocycles. The average molecular weight is 302 g/mol. The van der Waals surface area contributed by atoms with Gasteiger partial charge >= 0.3 is 0 Å². The Bertz CT molecular complexity index is 394. The van der Waals surface area contributed by atoms with Crippen LogP contribution in [-0.2, 0) is 4.79 Å². The quantitative estimate of drug-likeness (QED) is 0.463. The van der Waals surface area contributed by atoms with Gasteiger partial charge in [-0.05, 0) is 24.2 Å². The number of fused-ring (bicyclic) bond motifs is 2. The lowest BCUT2D eigenvalue weighted by molar-refractivity contribution is -0.125. The number of hydrogen-bond donors (Lipinski definition) is 1. The van der Waals surface area contributed by atoms with E-state index in [4.69, 9.17) is 11.6 Å². The van der Waals surface area contributed by atoms with Gasteiger partial charge < -0.3 is 5.32 Å². The van der Waals surface area contributed by atoms with E-state index in [1.54, 1.807) is 0 Å². The number of rotatable bonds is 6. The van der Waals surface area contributed by atoms with Crippen molar-refractivity contribution in [3.8, 4) is 0 Å². The third kappa shape index (κ3) is 2.44. The molecule has 1 N–H and O–H groups in total. The molecule has 0 aromatic rings. The first kappa shape index (κ1) is 15.2. The van der Waals surface area contributed by atoms with Crippen molar-refractivity contribution in [3.63, 3.8) is 0 Å². The van der Waals surface area contributed by atoms with Crippen molar-refractivity contribution < 1.29 is 4.79 Å². The van der Waals surface area contributed by atoms with Gasteiger partial charge in [-0.15, -0.1) is 11.6 Å². The van der Waals surface area contributed by atoms with E-state index >= 15 is 0 Å². The molecule has 2 aliphatic carbocycles. The molecule has 2 saturated carbocycles. The molecule has 2 bridgehead atoms. The third-order valence-electron chi connectivity index (χ3n) is 5.23. The Hall–Kier alpha value is -0.150. The van der Waals surface area contributed by atoms with Gasteiger partial charge in [-0.2, -0.15) is 11.8 Å². The molecule has 0 aliphatic heterocycles. The summed E-state index contributed by atoms with van der Waals surface area (Å²) in [5.74, 6) is 3.55. The van der Waals surface area contributed by atoms with Crippen LogP contribution in [0.3, 0.4) is 0 Å². The van der Waals surface area contributed by atoms with Crippen molar-refractivity contribution in [1.82, 2.24) is 5.32 Å². The lowest BCUT2D eigenvalue weighted by atomic mass is 9.70. The summed E-state index contributed by atoms with van der Waals surface area (Å²) in [5, 5.41) is 3.31. The Labute approximate surface area is 125 Å². The summed E-state index contributed by atoms with van der Waals surface area (Å²) in [4.78, 5) is 12.5. The Morgan fingerprint density at radius 1 is 1.42 bits per heavy atom. The van der Waals surface area contributed by atoms with Crippen LogP contribution in [0.15, 0.2) is 11.8 Å². The van der Waals surface area contributed by atoms with Crippen LogP contribution in [0.5, 0.6) is 0 Å². The van der Waals surface area contributed by atoms with Crippen molar-refractivity contribution in [2.45, 2.75) is 33.6 Å². The van der Waals surface area contributed by atoms with Crippen LogP contribution < -0.4 is 5.32 Å². The number of nitrogens with one attached hydrogen (secondary N) is 1. The molecule has 2 fully saturated rings. The van der Waals surface area contributed by atoms with Crippen LogP contribution in [-0.4, -0.2) is 29.7 Å². The second-order valence-electron chi connectivity index (χ2n) is 6.33. The molecule has 108 valence electrons. The summed E-state index contributed by atoms with van der Waals surface area (Å²) in [5.41, 5.74) is 1.00. The predicted molar refractivity (Wildman–Crippen MR) is 83.7 cm³/mol. The lowest BCUT2D eigenvalue weighted by Crippen LogP contribution is -2.32. The first-order chi connectivity index (χ1) is 8.95. The summed E-state index contributed by atoms with van der Waals surface area (Å²) in [6, 6.07) is 0. The zero-order valence-corrected chi connectivity index (χ0v) is 13.7. The second kappa shape index (κ2) is 5.69. The van der Waals surface area contributed by atoms with Gasteiger partial charge in [0.05, 0.1) is 0 Å². The van der Waals surface area contributed by atoms with Crippen molar-refractivity contribution in [1.29, 1.82) is 0 Å². The minimum Gasteiger partial charge on any atom is -0.390 e. The van der Waals surface area contributed by atoms with Crippen LogP contribution in [0.1, 0.15) is 33.6 Å². The molecule has 0 aromatic carbocycles. The molecule has 4 heteroatoms. The van der Waals surface area contributed by atoms with E-state index in [9.17, 15) is 4.79 Å². The van der Waals surface area contributed by atoms with Gasteiger partial charge in [0.25, 0.3) is 0 Å². The topological polar surface area (TPSA) is 29.1 Å². The minimum absolute atomic E-state index is 0.116. The normalized spacial score (nSPS) is 34.2. The molecule has 0 heterocycles. The van der Waals surface area contributed by atoms with E-state index in [1.807, 2.05) is 18.0 Å². The summed E-state index contributed by atoms with van der Waals surface area (Å²) < 4.78 is 0. The standard InChI is InChI=1S/C15H24ClNOS/c1-14(2)12-4-5-15(14,3)13(18)11(12)10-17-7-9-19-8-6-16/h10,12,17H,4-9H2,1-3H3. The summed E-state index contributed by atoms with van der Waals surface area (Å²) >= 11 is 7.47. The third-order valence-corrected chi connectivity index (χ3v) is 6.63. The molecule has 0 radical (unpaired) electrons. The molecule has 2 unspecified atom stereocenters. The van der Waals surface area contributed by atoms with Crippen molar-refractivity contribution in [2.24, 2.45) is 16.7 Å². The molecule has 2 aliphatic rings. The van der Waals surface area contributed by atoms with E-state index in [-0.39, 0.29) is 10.8 Å². The van der Waals surface area contributed by atoms with E-state index in [1.165, 1.54) is 0 Å². The fourth-order valence-corrected chi connectivity index (χ4v) is 4.47. The number of allylic oxidation sites excluding steroid dienone is 1. The Morgan fingerprint density at radius 3 is 2.74 bits per heavy atom. The maximum Gasteiger partial charge on any atom is 0.167 e. The fourth-order valence-electron chi connectivity index (χ4n) is 3.56. The molecular weight excluding hydrogens is 278 g/mol. The Kier molecular flexibility index (Phi) is 4.56. The highest BCUT2D eigenvalue weighted by atomic mass is 35.5. The zero-order valence-electron chi connectivity index (χ0n) is 12.1. The predicted octanol–water partition coefficient (Wildman–Crippen LogP) is 3.46. The molecule has 0 spiro atoms. The minimum atomic E-state index is -0.140. The van der Waals surface area contributed by atoms with Crippen LogP contribution in [0, 0.1) is 16.7 Å². The highest BCUT2D eigenvalue weighted by Crippen LogP contribution is 2.65. The van der Waals surface area contributed by atoms with Gasteiger partial charge in [-0.25, -0.2) is 0 Å². The van der Waals surface area contributed by atoms with Gasteiger partial charge in [0.1, 0.15) is 0 Å². The van der Waals surface area contributed by atoms with Crippen LogP contribution in [0.25, 0.3) is 0 Å². The van der Waals surface area contributed by atoms with Gasteiger partial charge in [0, 0.05) is 41.1 Å². The van der Waals surface area contributed by atoms with Gasteiger partial charge in [0.2, 0.25) is 0 Å². The number of carbonyl (C=O) groups is 1. The van der Waals surface area contributed by atoms with Crippen molar-refractivity contribution in [3.05, 3.63) is 11.8 Å². The number of alkyl halides is 1. The molecule has 0 aromatic heterocycles. The van der Waals surface area contributed by atoms with Crippen molar-refractivity contribution >= 4 is 29.1 Å². The largest absolute Gasteiger partial charge is 0.390 e. The fraction of sp³-hybridized carbons (Fsp3) is 0.800. The van der Waals surface area contributed by atoms with E-state index in [0.717, 1.165) is 36.5 Å². The molecule has 0 amide bonds. The average Bonchev–Trinajstić information content (AvgIpc) is 2.67. The first-order valence-electron chi connectivity index (χ1n) is 7.07. The number of carbonyl (C=O) groups excluding carboxylic acids is 1. The summed E-state index contributed by atoms with van der Waals surface area (Å²) in [6.45, 7) is 7.55. The molecule has 2 rings (SSSR count). The highest BCUT2D eigenvalue weighted by molar-refractivity contribution is 7.99. The van der Waals surface area contributed by atoms with E-state index in [0.29, 0.717) is 17.6 Å². The SMILES string of the molecule is CC12CCC(C(=CNCCSCCCl)C1=O)C2(C)C. The molecule has 2 nitrogen and oxygen atoms in total. The van der Waals surface area contributed by atoms with Crippen LogP contribution >= 0.6 is 23.4 Å². The van der Waals surface area contributed by atoms with Gasteiger partial charge in [-0.1, -0.05) is 20.8 Å². The number of thioether (sulfide) groups is 1. The van der Waals surface area contributed by atoms with Gasteiger partial charge in [-0.3, -0.25) is 4.79 Å².